The van der Waals surface area contributed by atoms with Crippen molar-refractivity contribution in [3.63, 3.8) is 0 Å². The molecule has 0 amide bonds. The SMILES string of the molecule is Cc1ccc(C(C)n2ccnc2-c2coc(C)n2)cn1. The summed E-state index contributed by atoms with van der Waals surface area (Å²) in [6.07, 6.45) is 7.26. The minimum Gasteiger partial charge on any atom is -0.449 e. The van der Waals surface area contributed by atoms with Gasteiger partial charge in [-0.05, 0) is 25.5 Å². The Morgan fingerprint density at radius 3 is 2.70 bits per heavy atom. The van der Waals surface area contributed by atoms with Gasteiger partial charge in [-0.3, -0.25) is 4.98 Å². The predicted octanol–water partition coefficient (Wildman–Crippen LogP) is 3.16. The summed E-state index contributed by atoms with van der Waals surface area (Å²) in [5, 5.41) is 0. The standard InChI is InChI=1S/C15H16N4O/c1-10-4-5-13(8-17-10)11(2)19-7-6-16-15(19)14-9-20-12(3)18-14/h4-9,11H,1-3H3. The van der Waals surface area contributed by atoms with Gasteiger partial charge in [0.1, 0.15) is 12.0 Å². The quantitative estimate of drug-likeness (QED) is 0.732. The molecule has 0 aliphatic heterocycles. The first-order valence-electron chi connectivity index (χ1n) is 6.53. The van der Waals surface area contributed by atoms with Crippen LogP contribution < -0.4 is 0 Å². The van der Waals surface area contributed by atoms with Crippen LogP contribution in [-0.2, 0) is 0 Å². The summed E-state index contributed by atoms with van der Waals surface area (Å²) in [4.78, 5) is 13.1. The molecule has 0 aromatic carbocycles. The highest BCUT2D eigenvalue weighted by atomic mass is 16.3. The highest BCUT2D eigenvalue weighted by molar-refractivity contribution is 5.48. The molecule has 3 aromatic rings. The average Bonchev–Trinajstić information content (AvgIpc) is 3.07. The smallest absolute Gasteiger partial charge is 0.191 e. The molecule has 1 atom stereocenters. The van der Waals surface area contributed by atoms with Crippen molar-refractivity contribution in [3.05, 3.63) is 54.1 Å². The van der Waals surface area contributed by atoms with Crippen molar-refractivity contribution >= 4 is 0 Å². The van der Waals surface area contributed by atoms with E-state index >= 15 is 0 Å². The maximum Gasteiger partial charge on any atom is 0.191 e. The molecule has 20 heavy (non-hydrogen) atoms. The van der Waals surface area contributed by atoms with E-state index in [1.165, 1.54) is 0 Å². The molecule has 0 saturated heterocycles. The fourth-order valence-electron chi connectivity index (χ4n) is 2.18. The lowest BCUT2D eigenvalue weighted by Gasteiger charge is -2.15. The fraction of sp³-hybridized carbons (Fsp3) is 0.267. The van der Waals surface area contributed by atoms with E-state index in [2.05, 4.69) is 32.5 Å². The third kappa shape index (κ3) is 2.22. The Kier molecular flexibility index (Phi) is 3.10. The molecule has 3 aromatic heterocycles. The summed E-state index contributed by atoms with van der Waals surface area (Å²) in [6, 6.07) is 4.24. The van der Waals surface area contributed by atoms with Crippen LogP contribution >= 0.6 is 0 Å². The summed E-state index contributed by atoms with van der Waals surface area (Å²) < 4.78 is 7.34. The van der Waals surface area contributed by atoms with Gasteiger partial charge in [-0.25, -0.2) is 9.97 Å². The Bertz CT molecular complexity index is 712. The zero-order valence-electron chi connectivity index (χ0n) is 11.7. The summed E-state index contributed by atoms with van der Waals surface area (Å²) in [5.74, 6) is 1.44. The average molecular weight is 268 g/mol. The van der Waals surface area contributed by atoms with Crippen LogP contribution in [0.15, 0.2) is 41.4 Å². The van der Waals surface area contributed by atoms with E-state index in [0.717, 1.165) is 22.8 Å². The lowest BCUT2D eigenvalue weighted by atomic mass is 10.1. The van der Waals surface area contributed by atoms with Crippen molar-refractivity contribution in [1.29, 1.82) is 0 Å². The number of pyridine rings is 1. The molecule has 0 fully saturated rings. The number of oxazole rings is 1. The van der Waals surface area contributed by atoms with Crippen LogP contribution in [0.5, 0.6) is 0 Å². The first-order chi connectivity index (χ1) is 9.65. The molecule has 1 unspecified atom stereocenters. The van der Waals surface area contributed by atoms with E-state index in [0.29, 0.717) is 5.89 Å². The Labute approximate surface area is 117 Å². The lowest BCUT2D eigenvalue weighted by molar-refractivity contribution is 0.521. The molecule has 5 heteroatoms. The van der Waals surface area contributed by atoms with Gasteiger partial charge in [0, 0.05) is 31.2 Å². The van der Waals surface area contributed by atoms with Gasteiger partial charge in [0.25, 0.3) is 0 Å². The first-order valence-corrected chi connectivity index (χ1v) is 6.53. The number of imidazole rings is 1. The summed E-state index contributed by atoms with van der Waals surface area (Å²) in [7, 11) is 0. The van der Waals surface area contributed by atoms with Gasteiger partial charge < -0.3 is 8.98 Å². The fourth-order valence-corrected chi connectivity index (χ4v) is 2.18. The van der Waals surface area contributed by atoms with E-state index in [1.807, 2.05) is 32.3 Å². The molecule has 3 rings (SSSR count). The van der Waals surface area contributed by atoms with Crippen LogP contribution in [0.4, 0.5) is 0 Å². The third-order valence-electron chi connectivity index (χ3n) is 3.35. The van der Waals surface area contributed by atoms with Crippen molar-refractivity contribution < 1.29 is 4.42 Å². The zero-order chi connectivity index (χ0) is 14.1. The number of hydrogen-bond donors (Lipinski definition) is 0. The molecule has 0 N–H and O–H groups in total. The van der Waals surface area contributed by atoms with Crippen LogP contribution in [0.2, 0.25) is 0 Å². The van der Waals surface area contributed by atoms with Crippen molar-refractivity contribution in [2.45, 2.75) is 26.8 Å². The molecule has 0 spiro atoms. The van der Waals surface area contributed by atoms with Gasteiger partial charge in [-0.2, -0.15) is 0 Å². The molecule has 5 nitrogen and oxygen atoms in total. The van der Waals surface area contributed by atoms with Gasteiger partial charge in [0.2, 0.25) is 0 Å². The van der Waals surface area contributed by atoms with E-state index in [9.17, 15) is 0 Å². The van der Waals surface area contributed by atoms with Crippen LogP contribution in [0.1, 0.15) is 30.1 Å². The number of aromatic nitrogens is 4. The molecule has 3 heterocycles. The van der Waals surface area contributed by atoms with E-state index < -0.39 is 0 Å². The van der Waals surface area contributed by atoms with Crippen molar-refractivity contribution in [2.75, 3.05) is 0 Å². The molecule has 0 aliphatic rings. The maximum absolute atomic E-state index is 5.27. The molecule has 102 valence electrons. The van der Waals surface area contributed by atoms with Gasteiger partial charge in [-0.1, -0.05) is 6.07 Å². The topological polar surface area (TPSA) is 56.7 Å². The first kappa shape index (κ1) is 12.6. The van der Waals surface area contributed by atoms with Crippen molar-refractivity contribution in [3.8, 4) is 11.5 Å². The summed E-state index contributed by atoms with van der Waals surface area (Å²) >= 11 is 0. The van der Waals surface area contributed by atoms with E-state index in [4.69, 9.17) is 4.42 Å². The van der Waals surface area contributed by atoms with Crippen LogP contribution in [0.3, 0.4) is 0 Å². The summed E-state index contributed by atoms with van der Waals surface area (Å²) in [6.45, 7) is 5.92. The highest BCUT2D eigenvalue weighted by Crippen LogP contribution is 2.24. The lowest BCUT2D eigenvalue weighted by Crippen LogP contribution is -2.08. The molecular formula is C15H16N4O. The normalized spacial score (nSPS) is 12.6. The largest absolute Gasteiger partial charge is 0.449 e. The maximum atomic E-state index is 5.27. The number of aryl methyl sites for hydroxylation is 2. The number of rotatable bonds is 3. The minimum absolute atomic E-state index is 0.137. The molecular weight excluding hydrogens is 252 g/mol. The Balaban J connectivity index is 1.99. The second kappa shape index (κ2) is 4.92. The highest BCUT2D eigenvalue weighted by Gasteiger charge is 2.16. The Morgan fingerprint density at radius 1 is 1.20 bits per heavy atom. The molecule has 0 radical (unpaired) electrons. The van der Waals surface area contributed by atoms with E-state index in [-0.39, 0.29) is 6.04 Å². The Morgan fingerprint density at radius 2 is 2.05 bits per heavy atom. The van der Waals surface area contributed by atoms with Crippen LogP contribution in [-0.4, -0.2) is 19.5 Å². The van der Waals surface area contributed by atoms with Gasteiger partial charge in [-0.15, -0.1) is 0 Å². The number of nitrogens with zero attached hydrogens (tertiary/aromatic N) is 4. The third-order valence-corrected chi connectivity index (χ3v) is 3.35. The van der Waals surface area contributed by atoms with Crippen LogP contribution in [0.25, 0.3) is 11.5 Å². The minimum atomic E-state index is 0.137. The molecule has 0 bridgehead atoms. The van der Waals surface area contributed by atoms with Gasteiger partial charge >= 0.3 is 0 Å². The zero-order valence-corrected chi connectivity index (χ0v) is 11.7. The summed E-state index contributed by atoms with van der Waals surface area (Å²) in [5.41, 5.74) is 2.90. The van der Waals surface area contributed by atoms with Crippen molar-refractivity contribution in [2.24, 2.45) is 0 Å². The molecule has 0 aliphatic carbocycles. The van der Waals surface area contributed by atoms with Crippen LogP contribution in [0, 0.1) is 13.8 Å². The monoisotopic (exact) mass is 268 g/mol. The van der Waals surface area contributed by atoms with Gasteiger partial charge in [0.05, 0.1) is 6.04 Å². The molecule has 0 saturated carbocycles. The van der Waals surface area contributed by atoms with Gasteiger partial charge in [0.15, 0.2) is 11.7 Å². The predicted molar refractivity (Wildman–Crippen MR) is 75.2 cm³/mol. The number of hydrogen-bond acceptors (Lipinski definition) is 4. The van der Waals surface area contributed by atoms with E-state index in [1.54, 1.807) is 12.5 Å². The second-order valence-electron chi connectivity index (χ2n) is 4.82. The van der Waals surface area contributed by atoms with Crippen molar-refractivity contribution in [1.82, 2.24) is 19.5 Å². The Hall–Kier alpha value is -2.43. The second-order valence-corrected chi connectivity index (χ2v) is 4.82.